The number of aryl methyl sites for hydroxylation is 2. The number of benzene rings is 5. The average Bonchev–Trinajstić information content (AvgIpc) is 3.66. The molecule has 0 unspecified atom stereocenters. The van der Waals surface area contributed by atoms with E-state index in [4.69, 9.17) is 19.8 Å². The monoisotopic (exact) mass is 643 g/mol. The third-order valence-corrected chi connectivity index (χ3v) is 8.92. The molecule has 0 aliphatic heterocycles. The molecule has 0 radical (unpaired) electrons. The lowest BCUT2D eigenvalue weighted by Gasteiger charge is -2.36. The summed E-state index contributed by atoms with van der Waals surface area (Å²) in [6.45, 7) is 4.42. The highest BCUT2D eigenvalue weighted by Gasteiger charge is 2.42. The molecule has 0 amide bonds. The predicted octanol–water partition coefficient (Wildman–Crippen LogP) is 8.70. The van der Waals surface area contributed by atoms with Gasteiger partial charge in [-0.05, 0) is 57.2 Å². The number of rotatable bonds is 11. The van der Waals surface area contributed by atoms with Gasteiger partial charge < -0.3 is 9.47 Å². The van der Waals surface area contributed by atoms with Crippen LogP contribution in [0.5, 0.6) is 11.5 Å². The maximum Gasteiger partial charge on any atom is 0.184 e. The number of methoxy groups -OCH3 is 1. The highest BCUT2D eigenvalue weighted by molar-refractivity contribution is 5.81. The van der Waals surface area contributed by atoms with E-state index in [1.54, 1.807) is 7.11 Å². The summed E-state index contributed by atoms with van der Waals surface area (Å²) in [7, 11) is 1.65. The highest BCUT2D eigenvalue weighted by Crippen LogP contribution is 2.43. The summed E-state index contributed by atoms with van der Waals surface area (Å²) >= 11 is 0. The van der Waals surface area contributed by atoms with Crippen LogP contribution >= 0.6 is 0 Å². The zero-order valence-corrected chi connectivity index (χ0v) is 27.8. The second-order valence-electron chi connectivity index (χ2n) is 11.8. The van der Waals surface area contributed by atoms with Crippen LogP contribution in [0.4, 0.5) is 0 Å². The van der Waals surface area contributed by atoms with Gasteiger partial charge in [0.05, 0.1) is 12.8 Å². The lowest BCUT2D eigenvalue weighted by Crippen LogP contribution is -2.39. The third kappa shape index (κ3) is 5.95. The van der Waals surface area contributed by atoms with E-state index >= 15 is 0 Å². The second kappa shape index (κ2) is 14.0. The Hall–Kier alpha value is -6.08. The zero-order valence-electron chi connectivity index (χ0n) is 27.8. The first-order valence-corrected chi connectivity index (χ1v) is 16.4. The standard InChI is InChI=1S/C42H37N5O2/c1-4-36-28-39(40(48-3)30(2)43-36)49-29-31-24-26-32(27-25-31)37-22-14-15-23-38(37)41-44-45-46-47(41)42(33-16-8-5-9-17-33,34-18-10-6-11-19-34)35-20-12-7-13-21-35/h5-28H,4,29H2,1-3H3. The summed E-state index contributed by atoms with van der Waals surface area (Å²) in [6.07, 6.45) is 0.821. The number of nitrogens with zero attached hydrogens (tertiary/aromatic N) is 5. The Labute approximate surface area is 286 Å². The normalized spacial score (nSPS) is 11.3. The van der Waals surface area contributed by atoms with Gasteiger partial charge in [-0.25, -0.2) is 4.68 Å². The minimum absolute atomic E-state index is 0.400. The van der Waals surface area contributed by atoms with Gasteiger partial charge in [-0.3, -0.25) is 4.98 Å². The van der Waals surface area contributed by atoms with E-state index in [9.17, 15) is 0 Å². The lowest BCUT2D eigenvalue weighted by molar-refractivity contribution is 0.282. The molecule has 0 atom stereocenters. The van der Waals surface area contributed by atoms with E-state index in [-0.39, 0.29) is 0 Å². The number of hydrogen-bond donors (Lipinski definition) is 0. The minimum atomic E-state index is -0.846. The summed E-state index contributed by atoms with van der Waals surface area (Å²) in [4.78, 5) is 4.60. The first-order valence-electron chi connectivity index (χ1n) is 16.4. The Morgan fingerprint density at radius 1 is 0.673 bits per heavy atom. The van der Waals surface area contributed by atoms with Gasteiger partial charge in [0, 0.05) is 17.3 Å². The van der Waals surface area contributed by atoms with Crippen molar-refractivity contribution in [2.24, 2.45) is 0 Å². The van der Waals surface area contributed by atoms with Gasteiger partial charge >= 0.3 is 0 Å². The van der Waals surface area contributed by atoms with Crippen LogP contribution in [0, 0.1) is 6.92 Å². The SMILES string of the molecule is CCc1cc(OCc2ccc(-c3ccccc3-c3nnnn3C(c3ccccc3)(c3ccccc3)c3ccccc3)cc2)c(OC)c(C)n1. The molecular formula is C42H37N5O2. The first-order chi connectivity index (χ1) is 24.1. The molecule has 0 bridgehead atoms. The number of tetrazole rings is 1. The largest absolute Gasteiger partial charge is 0.491 e. The fourth-order valence-corrected chi connectivity index (χ4v) is 6.59. The molecule has 0 aliphatic rings. The zero-order chi connectivity index (χ0) is 33.6. The van der Waals surface area contributed by atoms with Crippen molar-refractivity contribution in [2.45, 2.75) is 32.4 Å². The molecule has 49 heavy (non-hydrogen) atoms. The van der Waals surface area contributed by atoms with Crippen LogP contribution in [-0.2, 0) is 18.6 Å². The molecule has 0 saturated carbocycles. The molecule has 7 heteroatoms. The van der Waals surface area contributed by atoms with E-state index < -0.39 is 5.54 Å². The number of aromatic nitrogens is 5. The molecule has 0 N–H and O–H groups in total. The predicted molar refractivity (Wildman–Crippen MR) is 193 cm³/mol. The molecular weight excluding hydrogens is 606 g/mol. The van der Waals surface area contributed by atoms with E-state index in [2.05, 4.69) is 126 Å². The van der Waals surface area contributed by atoms with E-state index in [0.717, 1.165) is 56.8 Å². The van der Waals surface area contributed by atoms with Crippen molar-refractivity contribution in [2.75, 3.05) is 7.11 Å². The number of ether oxygens (including phenoxy) is 2. The molecule has 242 valence electrons. The van der Waals surface area contributed by atoms with Crippen LogP contribution in [0.25, 0.3) is 22.5 Å². The highest BCUT2D eigenvalue weighted by atomic mass is 16.5. The summed E-state index contributed by atoms with van der Waals surface area (Å²) in [5, 5.41) is 13.8. The third-order valence-electron chi connectivity index (χ3n) is 8.92. The van der Waals surface area contributed by atoms with Crippen LogP contribution in [0.15, 0.2) is 146 Å². The molecule has 7 rings (SSSR count). The van der Waals surface area contributed by atoms with Gasteiger partial charge in [0.25, 0.3) is 0 Å². The van der Waals surface area contributed by atoms with Crippen molar-refractivity contribution in [1.82, 2.24) is 25.2 Å². The quantitative estimate of drug-likeness (QED) is 0.131. The molecule has 7 aromatic rings. The molecule has 0 spiro atoms. The Balaban J connectivity index is 1.30. The van der Waals surface area contributed by atoms with Crippen LogP contribution in [0.3, 0.4) is 0 Å². The van der Waals surface area contributed by atoms with Gasteiger partial charge in [-0.2, -0.15) is 0 Å². The van der Waals surface area contributed by atoms with Gasteiger partial charge in [0.2, 0.25) is 0 Å². The lowest BCUT2D eigenvalue weighted by atomic mass is 9.77. The summed E-state index contributed by atoms with van der Waals surface area (Å²) in [6, 6.07) is 50.0. The Morgan fingerprint density at radius 3 is 1.78 bits per heavy atom. The first kappa shape index (κ1) is 31.5. The Bertz CT molecular complexity index is 2050. The molecule has 2 heterocycles. The molecule has 2 aromatic heterocycles. The van der Waals surface area contributed by atoms with Crippen molar-refractivity contribution in [3.8, 4) is 34.0 Å². The fraction of sp³-hybridized carbons (Fsp3) is 0.143. The van der Waals surface area contributed by atoms with Crippen LogP contribution in [0.1, 0.15) is 40.6 Å². The maximum atomic E-state index is 6.25. The Morgan fingerprint density at radius 2 is 1.22 bits per heavy atom. The molecule has 5 aromatic carbocycles. The topological polar surface area (TPSA) is 75.0 Å². The average molecular weight is 644 g/mol. The Kier molecular flexibility index (Phi) is 8.98. The van der Waals surface area contributed by atoms with Crippen molar-refractivity contribution in [3.63, 3.8) is 0 Å². The van der Waals surface area contributed by atoms with E-state index in [1.165, 1.54) is 0 Å². The van der Waals surface area contributed by atoms with Crippen molar-refractivity contribution < 1.29 is 9.47 Å². The summed E-state index contributed by atoms with van der Waals surface area (Å²) in [5.74, 6) is 2.02. The fourth-order valence-electron chi connectivity index (χ4n) is 6.59. The van der Waals surface area contributed by atoms with E-state index in [1.807, 2.05) is 48.0 Å². The van der Waals surface area contributed by atoms with Gasteiger partial charge in [0.15, 0.2) is 17.3 Å². The van der Waals surface area contributed by atoms with Crippen molar-refractivity contribution in [3.05, 3.63) is 179 Å². The molecule has 7 nitrogen and oxygen atoms in total. The van der Waals surface area contributed by atoms with Crippen LogP contribution < -0.4 is 9.47 Å². The summed E-state index contributed by atoms with van der Waals surface area (Å²) in [5.41, 5.74) is 8.13. The molecule has 0 aliphatic carbocycles. The number of pyridine rings is 1. The molecule has 0 fully saturated rings. The van der Waals surface area contributed by atoms with Crippen molar-refractivity contribution >= 4 is 0 Å². The smallest absolute Gasteiger partial charge is 0.184 e. The van der Waals surface area contributed by atoms with Gasteiger partial charge in [-0.1, -0.05) is 146 Å². The second-order valence-corrected chi connectivity index (χ2v) is 11.8. The van der Waals surface area contributed by atoms with Crippen molar-refractivity contribution in [1.29, 1.82) is 0 Å². The van der Waals surface area contributed by atoms with E-state index in [0.29, 0.717) is 23.9 Å². The molecule has 0 saturated heterocycles. The van der Waals surface area contributed by atoms with Crippen LogP contribution in [-0.4, -0.2) is 32.3 Å². The maximum absolute atomic E-state index is 6.25. The van der Waals surface area contributed by atoms with Gasteiger partial charge in [-0.15, -0.1) is 5.10 Å². The number of hydrogen-bond acceptors (Lipinski definition) is 6. The summed E-state index contributed by atoms with van der Waals surface area (Å²) < 4.78 is 13.8. The van der Waals surface area contributed by atoms with Crippen LogP contribution in [0.2, 0.25) is 0 Å². The van der Waals surface area contributed by atoms with Gasteiger partial charge in [0.1, 0.15) is 12.1 Å². The minimum Gasteiger partial charge on any atom is -0.491 e.